The van der Waals surface area contributed by atoms with E-state index in [9.17, 15) is 0 Å². The number of hydrogen-bond acceptors (Lipinski definition) is 1. The molecule has 1 heteroatoms. The van der Waals surface area contributed by atoms with Crippen molar-refractivity contribution in [1.82, 2.24) is 0 Å². The Labute approximate surface area is 80.3 Å². The highest BCUT2D eigenvalue weighted by Gasteiger charge is 2.01. The molecule has 0 aliphatic rings. The van der Waals surface area contributed by atoms with Crippen LogP contribution in [-0.4, -0.2) is 6.04 Å². The Morgan fingerprint density at radius 1 is 1.31 bits per heavy atom. The number of hydrogen-bond donors (Lipinski definition) is 1. The Kier molecular flexibility index (Phi) is 4.27. The van der Waals surface area contributed by atoms with Crippen LogP contribution in [0.25, 0.3) is 0 Å². The topological polar surface area (TPSA) is 26.0 Å². The van der Waals surface area contributed by atoms with Crippen LogP contribution in [0, 0.1) is 0 Å². The molecule has 1 aromatic rings. The SMILES string of the molecule is C=CCCC(N)Cc1ccccc1. The molecule has 1 unspecified atom stereocenters. The Morgan fingerprint density at radius 2 is 2.00 bits per heavy atom. The zero-order chi connectivity index (χ0) is 9.52. The lowest BCUT2D eigenvalue weighted by Crippen LogP contribution is -2.22. The number of rotatable bonds is 5. The van der Waals surface area contributed by atoms with E-state index in [0.29, 0.717) is 0 Å². The maximum Gasteiger partial charge on any atom is 0.00822 e. The average Bonchev–Trinajstić information content (AvgIpc) is 2.16. The van der Waals surface area contributed by atoms with Crippen molar-refractivity contribution in [3.63, 3.8) is 0 Å². The minimum Gasteiger partial charge on any atom is -0.327 e. The van der Waals surface area contributed by atoms with Crippen molar-refractivity contribution in [3.8, 4) is 0 Å². The molecule has 0 spiro atoms. The standard InChI is InChI=1S/C12H17N/c1-2-3-9-12(13)10-11-7-5-4-6-8-11/h2,4-8,12H,1,3,9-10,13H2. The summed E-state index contributed by atoms with van der Waals surface area (Å²) in [5.74, 6) is 0. The van der Waals surface area contributed by atoms with Crippen LogP contribution in [0.2, 0.25) is 0 Å². The quantitative estimate of drug-likeness (QED) is 0.684. The minimum absolute atomic E-state index is 0.264. The summed E-state index contributed by atoms with van der Waals surface area (Å²) in [4.78, 5) is 0. The van der Waals surface area contributed by atoms with Crippen molar-refractivity contribution in [2.45, 2.75) is 25.3 Å². The predicted octanol–water partition coefficient (Wildman–Crippen LogP) is 2.52. The van der Waals surface area contributed by atoms with Gasteiger partial charge in [0.15, 0.2) is 0 Å². The van der Waals surface area contributed by atoms with Gasteiger partial charge in [0, 0.05) is 6.04 Å². The van der Waals surface area contributed by atoms with Gasteiger partial charge in [0.05, 0.1) is 0 Å². The van der Waals surface area contributed by atoms with Gasteiger partial charge in [-0.05, 0) is 24.8 Å². The molecule has 1 nitrogen and oxygen atoms in total. The lowest BCUT2D eigenvalue weighted by Gasteiger charge is -2.09. The van der Waals surface area contributed by atoms with E-state index in [1.807, 2.05) is 12.1 Å². The predicted molar refractivity (Wildman–Crippen MR) is 57.6 cm³/mol. The first-order valence-corrected chi connectivity index (χ1v) is 4.73. The van der Waals surface area contributed by atoms with E-state index in [1.54, 1.807) is 0 Å². The Morgan fingerprint density at radius 3 is 2.62 bits per heavy atom. The molecule has 1 aromatic carbocycles. The van der Waals surface area contributed by atoms with Crippen LogP contribution in [0.15, 0.2) is 43.0 Å². The molecule has 1 rings (SSSR count). The third-order valence-corrected chi connectivity index (χ3v) is 2.08. The van der Waals surface area contributed by atoms with Crippen LogP contribution in [0.1, 0.15) is 18.4 Å². The van der Waals surface area contributed by atoms with Crippen molar-refractivity contribution in [2.24, 2.45) is 5.73 Å². The van der Waals surface area contributed by atoms with E-state index in [0.717, 1.165) is 19.3 Å². The largest absolute Gasteiger partial charge is 0.327 e. The van der Waals surface area contributed by atoms with Crippen molar-refractivity contribution < 1.29 is 0 Å². The molecule has 0 saturated carbocycles. The van der Waals surface area contributed by atoms with Crippen LogP contribution in [0.5, 0.6) is 0 Å². The highest BCUT2D eigenvalue weighted by molar-refractivity contribution is 5.15. The molecule has 0 aliphatic carbocycles. The van der Waals surface area contributed by atoms with E-state index < -0.39 is 0 Å². The van der Waals surface area contributed by atoms with E-state index in [4.69, 9.17) is 5.73 Å². The molecule has 0 fully saturated rings. The zero-order valence-corrected chi connectivity index (χ0v) is 7.95. The minimum atomic E-state index is 0.264. The molecule has 70 valence electrons. The first-order chi connectivity index (χ1) is 6.33. The molecule has 0 amide bonds. The van der Waals surface area contributed by atoms with Crippen LogP contribution in [-0.2, 0) is 6.42 Å². The first kappa shape index (κ1) is 10.0. The molecule has 13 heavy (non-hydrogen) atoms. The molecular weight excluding hydrogens is 158 g/mol. The van der Waals surface area contributed by atoms with Gasteiger partial charge in [-0.1, -0.05) is 36.4 Å². The Balaban J connectivity index is 2.36. The van der Waals surface area contributed by atoms with Gasteiger partial charge >= 0.3 is 0 Å². The van der Waals surface area contributed by atoms with Gasteiger partial charge in [-0.2, -0.15) is 0 Å². The highest BCUT2D eigenvalue weighted by atomic mass is 14.6. The summed E-state index contributed by atoms with van der Waals surface area (Å²) in [6, 6.07) is 10.6. The third-order valence-electron chi connectivity index (χ3n) is 2.08. The van der Waals surface area contributed by atoms with E-state index in [1.165, 1.54) is 5.56 Å². The first-order valence-electron chi connectivity index (χ1n) is 4.73. The average molecular weight is 175 g/mol. The zero-order valence-electron chi connectivity index (χ0n) is 7.95. The van der Waals surface area contributed by atoms with E-state index in [-0.39, 0.29) is 6.04 Å². The lowest BCUT2D eigenvalue weighted by molar-refractivity contribution is 0.618. The Bertz CT molecular complexity index is 241. The second-order valence-corrected chi connectivity index (χ2v) is 3.32. The van der Waals surface area contributed by atoms with E-state index >= 15 is 0 Å². The maximum absolute atomic E-state index is 5.94. The van der Waals surface area contributed by atoms with Crippen molar-refractivity contribution in [3.05, 3.63) is 48.6 Å². The van der Waals surface area contributed by atoms with Crippen LogP contribution in [0.4, 0.5) is 0 Å². The summed E-state index contributed by atoms with van der Waals surface area (Å²) < 4.78 is 0. The van der Waals surface area contributed by atoms with Gasteiger partial charge in [0.25, 0.3) is 0 Å². The van der Waals surface area contributed by atoms with E-state index in [2.05, 4.69) is 30.8 Å². The second-order valence-electron chi connectivity index (χ2n) is 3.32. The van der Waals surface area contributed by atoms with Gasteiger partial charge in [0.2, 0.25) is 0 Å². The fraction of sp³-hybridized carbons (Fsp3) is 0.333. The van der Waals surface area contributed by atoms with Crippen LogP contribution in [0.3, 0.4) is 0 Å². The summed E-state index contributed by atoms with van der Waals surface area (Å²) in [6.07, 6.45) is 4.92. The summed E-state index contributed by atoms with van der Waals surface area (Å²) in [7, 11) is 0. The lowest BCUT2D eigenvalue weighted by atomic mass is 10.0. The number of nitrogens with two attached hydrogens (primary N) is 1. The monoisotopic (exact) mass is 175 g/mol. The van der Waals surface area contributed by atoms with Gasteiger partial charge in [-0.15, -0.1) is 6.58 Å². The second kappa shape index (κ2) is 5.55. The molecule has 0 bridgehead atoms. The molecule has 0 saturated heterocycles. The van der Waals surface area contributed by atoms with Crippen molar-refractivity contribution >= 4 is 0 Å². The summed E-state index contributed by atoms with van der Waals surface area (Å²) >= 11 is 0. The van der Waals surface area contributed by atoms with Gasteiger partial charge in [-0.25, -0.2) is 0 Å². The molecule has 1 atom stereocenters. The number of allylic oxidation sites excluding steroid dienone is 1. The maximum atomic E-state index is 5.94. The van der Waals surface area contributed by atoms with Gasteiger partial charge in [-0.3, -0.25) is 0 Å². The van der Waals surface area contributed by atoms with Gasteiger partial charge < -0.3 is 5.73 Å². The van der Waals surface area contributed by atoms with Gasteiger partial charge in [0.1, 0.15) is 0 Å². The van der Waals surface area contributed by atoms with Crippen LogP contribution < -0.4 is 5.73 Å². The molecule has 2 N–H and O–H groups in total. The van der Waals surface area contributed by atoms with Crippen molar-refractivity contribution in [1.29, 1.82) is 0 Å². The Hall–Kier alpha value is -1.08. The van der Waals surface area contributed by atoms with Crippen LogP contribution >= 0.6 is 0 Å². The summed E-state index contributed by atoms with van der Waals surface area (Å²) in [6.45, 7) is 3.68. The molecule has 0 aromatic heterocycles. The smallest absolute Gasteiger partial charge is 0.00822 e. The normalized spacial score (nSPS) is 12.4. The fourth-order valence-electron chi connectivity index (χ4n) is 1.35. The van der Waals surface area contributed by atoms with Crippen molar-refractivity contribution in [2.75, 3.05) is 0 Å². The highest BCUT2D eigenvalue weighted by Crippen LogP contribution is 2.05. The molecule has 0 radical (unpaired) electrons. The fourth-order valence-corrected chi connectivity index (χ4v) is 1.35. The summed E-state index contributed by atoms with van der Waals surface area (Å²) in [5.41, 5.74) is 7.26. The molecule has 0 heterocycles. The number of benzene rings is 1. The molecule has 0 aliphatic heterocycles. The summed E-state index contributed by atoms with van der Waals surface area (Å²) in [5, 5.41) is 0. The molecular formula is C12H17N. The third kappa shape index (κ3) is 3.90.